The summed E-state index contributed by atoms with van der Waals surface area (Å²) in [7, 11) is -1.69. The van der Waals surface area contributed by atoms with Gasteiger partial charge < -0.3 is 9.33 Å². The average molecular weight is 326 g/mol. The van der Waals surface area contributed by atoms with Crippen LogP contribution in [0.4, 0.5) is 0 Å². The second-order valence-corrected chi connectivity index (χ2v) is 13.6. The van der Waals surface area contributed by atoms with Crippen LogP contribution in [0, 0.1) is 5.92 Å². The first-order valence-electron chi connectivity index (χ1n) is 9.14. The Bertz CT molecular complexity index is 381. The molecule has 22 heavy (non-hydrogen) atoms. The highest BCUT2D eigenvalue weighted by Gasteiger charge is 2.40. The summed E-state index contributed by atoms with van der Waals surface area (Å²) in [5.74, 6) is 0.778. The van der Waals surface area contributed by atoms with Crippen molar-refractivity contribution in [2.45, 2.75) is 89.9 Å². The van der Waals surface area contributed by atoms with Gasteiger partial charge in [-0.2, -0.15) is 0 Å². The molecule has 0 aromatic carbocycles. The lowest BCUT2D eigenvalue weighted by Gasteiger charge is -2.37. The van der Waals surface area contributed by atoms with Gasteiger partial charge in [-0.3, -0.25) is 4.79 Å². The Morgan fingerprint density at radius 3 is 2.27 bits per heavy atom. The zero-order valence-electron chi connectivity index (χ0n) is 15.3. The highest BCUT2D eigenvalue weighted by atomic mass is 28.4. The Morgan fingerprint density at radius 1 is 1.14 bits per heavy atom. The van der Waals surface area contributed by atoms with E-state index in [4.69, 9.17) is 4.43 Å². The minimum absolute atomic E-state index is 0.247. The molecule has 0 aromatic heterocycles. The van der Waals surface area contributed by atoms with Crippen LogP contribution in [-0.2, 0) is 9.22 Å². The van der Waals surface area contributed by atoms with Crippen molar-refractivity contribution >= 4 is 14.2 Å². The van der Waals surface area contributed by atoms with Crippen molar-refractivity contribution in [2.75, 3.05) is 13.2 Å². The lowest BCUT2D eigenvalue weighted by Crippen LogP contribution is -2.42. The third-order valence-electron chi connectivity index (χ3n) is 5.99. The number of likely N-dealkylation sites (tertiary alicyclic amines) is 1. The molecule has 1 aliphatic heterocycles. The van der Waals surface area contributed by atoms with Crippen molar-refractivity contribution < 1.29 is 9.22 Å². The lowest BCUT2D eigenvalue weighted by molar-refractivity contribution is -0.129. The summed E-state index contributed by atoms with van der Waals surface area (Å²) < 4.78 is 6.35. The van der Waals surface area contributed by atoms with Gasteiger partial charge in [0.15, 0.2) is 8.32 Å². The Hall–Kier alpha value is -0.353. The average Bonchev–Trinajstić information content (AvgIpc) is 2.63. The van der Waals surface area contributed by atoms with E-state index in [-0.39, 0.29) is 5.04 Å². The van der Waals surface area contributed by atoms with Gasteiger partial charge in [0.05, 0.1) is 0 Å². The zero-order valence-corrected chi connectivity index (χ0v) is 16.3. The second-order valence-electron chi connectivity index (χ2n) is 8.83. The molecule has 1 amide bonds. The van der Waals surface area contributed by atoms with Gasteiger partial charge >= 0.3 is 0 Å². The van der Waals surface area contributed by atoms with Gasteiger partial charge in [-0.15, -0.1) is 0 Å². The number of hydrogen-bond donors (Lipinski definition) is 0. The van der Waals surface area contributed by atoms with Gasteiger partial charge in [0.25, 0.3) is 0 Å². The van der Waals surface area contributed by atoms with E-state index < -0.39 is 8.32 Å². The number of amides is 1. The molecule has 1 heterocycles. The predicted octanol–water partition coefficient (Wildman–Crippen LogP) is 4.58. The molecule has 128 valence electrons. The topological polar surface area (TPSA) is 29.5 Å². The molecule has 4 heteroatoms. The minimum Gasteiger partial charge on any atom is -0.416 e. The van der Waals surface area contributed by atoms with Gasteiger partial charge in [-0.1, -0.05) is 46.5 Å². The van der Waals surface area contributed by atoms with Crippen molar-refractivity contribution in [2.24, 2.45) is 5.92 Å². The fraction of sp³-hybridized carbons (Fsp3) is 0.944. The maximum atomic E-state index is 12.4. The maximum Gasteiger partial charge on any atom is 0.223 e. The van der Waals surface area contributed by atoms with Gasteiger partial charge in [0.1, 0.15) is 0 Å². The first-order chi connectivity index (χ1) is 10.2. The number of carbonyl (C=O) groups is 1. The monoisotopic (exact) mass is 325 g/mol. The van der Waals surface area contributed by atoms with Crippen LogP contribution in [0.2, 0.25) is 18.1 Å². The molecule has 1 saturated carbocycles. The summed E-state index contributed by atoms with van der Waals surface area (Å²) in [6, 6.07) is 0.507. The lowest BCUT2D eigenvalue weighted by atomic mass is 10.1. The molecule has 0 radical (unpaired) electrons. The van der Waals surface area contributed by atoms with Crippen LogP contribution < -0.4 is 0 Å². The molecular weight excluding hydrogens is 290 g/mol. The molecule has 2 rings (SSSR count). The smallest absolute Gasteiger partial charge is 0.223 e. The Morgan fingerprint density at radius 2 is 1.73 bits per heavy atom. The van der Waals surface area contributed by atoms with E-state index in [1.165, 1.54) is 38.5 Å². The van der Waals surface area contributed by atoms with E-state index >= 15 is 0 Å². The van der Waals surface area contributed by atoms with Gasteiger partial charge in [0, 0.05) is 31.5 Å². The molecule has 0 N–H and O–H groups in total. The van der Waals surface area contributed by atoms with E-state index in [9.17, 15) is 4.79 Å². The van der Waals surface area contributed by atoms with Crippen LogP contribution >= 0.6 is 0 Å². The van der Waals surface area contributed by atoms with Crippen LogP contribution in [-0.4, -0.2) is 38.3 Å². The fourth-order valence-electron chi connectivity index (χ4n) is 3.39. The molecule has 0 aromatic rings. The molecule has 1 unspecified atom stereocenters. The number of rotatable bonds is 4. The summed E-state index contributed by atoms with van der Waals surface area (Å²) in [5.41, 5.74) is 0. The third-order valence-corrected chi connectivity index (χ3v) is 10.5. The Kier molecular flexibility index (Phi) is 5.76. The molecule has 1 saturated heterocycles. The first kappa shape index (κ1) is 18.0. The van der Waals surface area contributed by atoms with Gasteiger partial charge in [-0.05, 0) is 31.0 Å². The van der Waals surface area contributed by atoms with Crippen molar-refractivity contribution in [3.8, 4) is 0 Å². The Balaban J connectivity index is 1.87. The highest BCUT2D eigenvalue weighted by Crippen LogP contribution is 2.37. The fourth-order valence-corrected chi connectivity index (χ4v) is 4.47. The number of hydrogen-bond acceptors (Lipinski definition) is 2. The minimum atomic E-state index is -1.69. The predicted molar refractivity (Wildman–Crippen MR) is 94.5 cm³/mol. The van der Waals surface area contributed by atoms with E-state index in [0.29, 0.717) is 24.3 Å². The molecule has 1 aliphatic carbocycles. The van der Waals surface area contributed by atoms with Crippen molar-refractivity contribution in [1.29, 1.82) is 0 Å². The zero-order chi connectivity index (χ0) is 16.4. The molecule has 0 bridgehead atoms. The van der Waals surface area contributed by atoms with Crippen LogP contribution in [0.5, 0.6) is 0 Å². The molecule has 3 nitrogen and oxygen atoms in total. The summed E-state index contributed by atoms with van der Waals surface area (Å²) in [4.78, 5) is 14.6. The third kappa shape index (κ3) is 4.35. The van der Waals surface area contributed by atoms with E-state index in [1.807, 2.05) is 0 Å². The highest BCUT2D eigenvalue weighted by molar-refractivity contribution is 6.74. The van der Waals surface area contributed by atoms with Crippen LogP contribution in [0.15, 0.2) is 0 Å². The quantitative estimate of drug-likeness (QED) is 0.559. The van der Waals surface area contributed by atoms with E-state index in [2.05, 4.69) is 38.8 Å². The number of nitrogens with zero attached hydrogens (tertiary/aromatic N) is 1. The molecular formula is C18H35NO2Si. The van der Waals surface area contributed by atoms with Gasteiger partial charge in [0.2, 0.25) is 5.91 Å². The molecule has 2 aliphatic rings. The molecule has 0 spiro atoms. The second kappa shape index (κ2) is 7.04. The van der Waals surface area contributed by atoms with Crippen molar-refractivity contribution in [1.82, 2.24) is 4.90 Å². The SMILES string of the molecule is CC(C)(C)[Si](C)(C)OCC1CC(=O)N(C2CCCCCC2)C1. The molecule has 2 fully saturated rings. The summed E-state index contributed by atoms with van der Waals surface area (Å²) >= 11 is 0. The first-order valence-corrected chi connectivity index (χ1v) is 12.0. The van der Waals surface area contributed by atoms with Crippen LogP contribution in [0.3, 0.4) is 0 Å². The Labute approximate surface area is 137 Å². The summed E-state index contributed by atoms with van der Waals surface area (Å²) in [6.07, 6.45) is 8.39. The van der Waals surface area contributed by atoms with E-state index in [1.54, 1.807) is 0 Å². The molecule has 1 atom stereocenters. The number of carbonyl (C=O) groups excluding carboxylic acids is 1. The van der Waals surface area contributed by atoms with Crippen LogP contribution in [0.1, 0.15) is 65.7 Å². The summed E-state index contributed by atoms with van der Waals surface area (Å²) in [5, 5.41) is 0.247. The standard InChI is InChI=1S/C18H35NO2Si/c1-18(2,3)22(4,5)21-14-15-12-17(20)19(13-15)16-10-8-6-7-9-11-16/h15-16H,6-14H2,1-5H3. The maximum absolute atomic E-state index is 12.4. The van der Waals surface area contributed by atoms with Gasteiger partial charge in [-0.25, -0.2) is 0 Å². The summed E-state index contributed by atoms with van der Waals surface area (Å²) in [6.45, 7) is 13.1. The van der Waals surface area contributed by atoms with Crippen LogP contribution in [0.25, 0.3) is 0 Å². The van der Waals surface area contributed by atoms with Crippen molar-refractivity contribution in [3.05, 3.63) is 0 Å². The van der Waals surface area contributed by atoms with E-state index in [0.717, 1.165) is 13.2 Å². The normalized spacial score (nSPS) is 25.6. The largest absolute Gasteiger partial charge is 0.416 e. The van der Waals surface area contributed by atoms with Crippen molar-refractivity contribution in [3.63, 3.8) is 0 Å².